The van der Waals surface area contributed by atoms with E-state index >= 15 is 0 Å². The van der Waals surface area contributed by atoms with E-state index in [2.05, 4.69) is 9.80 Å². The Labute approximate surface area is 118 Å². The number of hydrogen-bond acceptors (Lipinski definition) is 3. The summed E-state index contributed by atoms with van der Waals surface area (Å²) in [4.78, 5) is 5.51. The summed E-state index contributed by atoms with van der Waals surface area (Å²) in [5.41, 5.74) is 6.62. The van der Waals surface area contributed by atoms with Gasteiger partial charge in [0.15, 0.2) is 0 Å². The van der Waals surface area contributed by atoms with Gasteiger partial charge in [-0.1, -0.05) is 19.3 Å². The molecule has 0 saturated carbocycles. The van der Waals surface area contributed by atoms with Gasteiger partial charge in [0.05, 0.1) is 0 Å². The molecule has 19 heavy (non-hydrogen) atoms. The van der Waals surface area contributed by atoms with Crippen LogP contribution in [0.5, 0.6) is 0 Å². The van der Waals surface area contributed by atoms with Crippen molar-refractivity contribution in [3.63, 3.8) is 0 Å². The molecule has 3 aliphatic rings. The average Bonchev–Trinajstić information content (AvgIpc) is 2.85. The van der Waals surface area contributed by atoms with Crippen LogP contribution >= 0.6 is 0 Å². The first-order valence-electron chi connectivity index (χ1n) is 8.53. The minimum atomic E-state index is 0.336. The summed E-state index contributed by atoms with van der Waals surface area (Å²) < 4.78 is 0. The first kappa shape index (κ1) is 13.8. The summed E-state index contributed by atoms with van der Waals surface area (Å²) in [5.74, 6) is 0. The van der Waals surface area contributed by atoms with E-state index in [1.54, 1.807) is 0 Å². The smallest absolute Gasteiger partial charge is 0.0358 e. The third-order valence-electron chi connectivity index (χ3n) is 5.89. The minimum Gasteiger partial charge on any atom is -0.329 e. The largest absolute Gasteiger partial charge is 0.329 e. The van der Waals surface area contributed by atoms with Gasteiger partial charge in [-0.05, 0) is 58.2 Å². The summed E-state index contributed by atoms with van der Waals surface area (Å²) in [6.45, 7) is 6.09. The maximum atomic E-state index is 6.28. The molecule has 0 aliphatic carbocycles. The van der Waals surface area contributed by atoms with Gasteiger partial charge in [0.2, 0.25) is 0 Å². The zero-order valence-corrected chi connectivity index (χ0v) is 12.4. The second kappa shape index (κ2) is 6.11. The standard InChI is InChI=1S/C16H31N3/c17-14-16(19-10-4-2-1-3-5-11-19)8-12-18-9-6-7-15(18)13-16/h15H,1-14,17H2. The number of nitrogens with two attached hydrogens (primary N) is 1. The van der Waals surface area contributed by atoms with Gasteiger partial charge in [-0.25, -0.2) is 0 Å². The van der Waals surface area contributed by atoms with Crippen LogP contribution in [0.15, 0.2) is 0 Å². The summed E-state index contributed by atoms with van der Waals surface area (Å²) in [6, 6.07) is 0.836. The van der Waals surface area contributed by atoms with Crippen molar-refractivity contribution >= 4 is 0 Å². The van der Waals surface area contributed by atoms with Gasteiger partial charge in [0, 0.05) is 24.7 Å². The fourth-order valence-electron chi connectivity index (χ4n) is 4.64. The molecule has 0 amide bonds. The van der Waals surface area contributed by atoms with Crippen molar-refractivity contribution < 1.29 is 0 Å². The lowest BCUT2D eigenvalue weighted by atomic mass is 9.81. The molecule has 3 heteroatoms. The Morgan fingerprint density at radius 1 is 0.895 bits per heavy atom. The molecule has 3 nitrogen and oxygen atoms in total. The van der Waals surface area contributed by atoms with Crippen LogP contribution in [0.2, 0.25) is 0 Å². The zero-order valence-electron chi connectivity index (χ0n) is 12.4. The highest BCUT2D eigenvalue weighted by Crippen LogP contribution is 2.37. The van der Waals surface area contributed by atoms with Crippen molar-refractivity contribution in [1.82, 2.24) is 9.80 Å². The van der Waals surface area contributed by atoms with Crippen LogP contribution in [-0.2, 0) is 0 Å². The second-order valence-electron chi connectivity index (χ2n) is 6.97. The first-order valence-corrected chi connectivity index (χ1v) is 8.53. The monoisotopic (exact) mass is 265 g/mol. The van der Waals surface area contributed by atoms with E-state index in [0.29, 0.717) is 5.54 Å². The number of rotatable bonds is 2. The number of likely N-dealkylation sites (tertiary alicyclic amines) is 1. The molecule has 0 aromatic carbocycles. The molecule has 110 valence electrons. The lowest BCUT2D eigenvalue weighted by Crippen LogP contribution is -2.61. The summed E-state index contributed by atoms with van der Waals surface area (Å²) in [5, 5.41) is 0. The Morgan fingerprint density at radius 3 is 2.37 bits per heavy atom. The number of hydrogen-bond donors (Lipinski definition) is 1. The first-order chi connectivity index (χ1) is 9.34. The highest BCUT2D eigenvalue weighted by molar-refractivity contribution is 5.02. The summed E-state index contributed by atoms with van der Waals surface area (Å²) in [7, 11) is 0. The molecule has 0 spiro atoms. The van der Waals surface area contributed by atoms with Gasteiger partial charge in [-0.3, -0.25) is 4.90 Å². The molecular formula is C16H31N3. The average molecular weight is 265 g/mol. The maximum absolute atomic E-state index is 6.28. The van der Waals surface area contributed by atoms with Crippen molar-refractivity contribution in [2.24, 2.45) is 5.73 Å². The van der Waals surface area contributed by atoms with Crippen LogP contribution in [-0.4, -0.2) is 54.1 Å². The third-order valence-corrected chi connectivity index (χ3v) is 5.89. The second-order valence-corrected chi connectivity index (χ2v) is 6.97. The van der Waals surface area contributed by atoms with Crippen molar-refractivity contribution in [3.8, 4) is 0 Å². The molecule has 3 rings (SSSR count). The Hall–Kier alpha value is -0.120. The molecule has 3 saturated heterocycles. The van der Waals surface area contributed by atoms with Gasteiger partial charge < -0.3 is 10.6 Å². The van der Waals surface area contributed by atoms with Crippen LogP contribution in [0.25, 0.3) is 0 Å². The van der Waals surface area contributed by atoms with Gasteiger partial charge in [-0.2, -0.15) is 0 Å². The Morgan fingerprint density at radius 2 is 1.63 bits per heavy atom. The van der Waals surface area contributed by atoms with Crippen molar-refractivity contribution in [2.75, 3.05) is 32.7 Å². The molecule has 2 unspecified atom stereocenters. The van der Waals surface area contributed by atoms with E-state index < -0.39 is 0 Å². The molecule has 3 fully saturated rings. The SMILES string of the molecule is NCC1(N2CCCCCCC2)CCN2CCCC2C1. The highest BCUT2D eigenvalue weighted by Gasteiger charge is 2.43. The van der Waals surface area contributed by atoms with E-state index in [4.69, 9.17) is 5.73 Å². The van der Waals surface area contributed by atoms with E-state index in [9.17, 15) is 0 Å². The number of nitrogens with zero attached hydrogens (tertiary/aromatic N) is 2. The normalized spacial score (nSPS) is 38.7. The highest BCUT2D eigenvalue weighted by atomic mass is 15.3. The van der Waals surface area contributed by atoms with Crippen molar-refractivity contribution in [1.29, 1.82) is 0 Å². The maximum Gasteiger partial charge on any atom is 0.0358 e. The van der Waals surface area contributed by atoms with Crippen LogP contribution in [0.3, 0.4) is 0 Å². The topological polar surface area (TPSA) is 32.5 Å². The predicted octanol–water partition coefficient (Wildman–Crippen LogP) is 2.21. The van der Waals surface area contributed by atoms with Gasteiger partial charge >= 0.3 is 0 Å². The van der Waals surface area contributed by atoms with E-state index in [1.807, 2.05) is 0 Å². The Bertz CT molecular complexity index is 286. The molecule has 3 heterocycles. The van der Waals surface area contributed by atoms with E-state index in [-0.39, 0.29) is 0 Å². The molecule has 0 aromatic rings. The molecule has 0 radical (unpaired) electrons. The van der Waals surface area contributed by atoms with Crippen LogP contribution in [0.1, 0.15) is 57.8 Å². The molecular weight excluding hydrogens is 234 g/mol. The quantitative estimate of drug-likeness (QED) is 0.831. The molecule has 0 aromatic heterocycles. The predicted molar refractivity (Wildman–Crippen MR) is 80.3 cm³/mol. The zero-order chi connectivity index (χ0) is 13.1. The van der Waals surface area contributed by atoms with E-state index in [0.717, 1.165) is 12.6 Å². The van der Waals surface area contributed by atoms with Crippen LogP contribution in [0.4, 0.5) is 0 Å². The minimum absolute atomic E-state index is 0.336. The lowest BCUT2D eigenvalue weighted by molar-refractivity contribution is 0.00580. The summed E-state index contributed by atoms with van der Waals surface area (Å²) >= 11 is 0. The van der Waals surface area contributed by atoms with Crippen LogP contribution in [0, 0.1) is 0 Å². The van der Waals surface area contributed by atoms with Crippen molar-refractivity contribution in [2.45, 2.75) is 69.4 Å². The molecule has 2 N–H and O–H groups in total. The lowest BCUT2D eigenvalue weighted by Gasteiger charge is -2.50. The fraction of sp³-hybridized carbons (Fsp3) is 1.00. The van der Waals surface area contributed by atoms with E-state index in [1.165, 1.54) is 84.0 Å². The molecule has 2 atom stereocenters. The summed E-state index contributed by atoms with van der Waals surface area (Å²) in [6.07, 6.45) is 12.5. The Kier molecular flexibility index (Phi) is 4.45. The number of piperidine rings is 1. The van der Waals surface area contributed by atoms with Gasteiger partial charge in [-0.15, -0.1) is 0 Å². The Balaban J connectivity index is 1.70. The fourth-order valence-corrected chi connectivity index (χ4v) is 4.64. The number of fused-ring (bicyclic) bond motifs is 1. The van der Waals surface area contributed by atoms with Crippen LogP contribution < -0.4 is 5.73 Å². The molecule has 3 aliphatic heterocycles. The van der Waals surface area contributed by atoms with Gasteiger partial charge in [0.25, 0.3) is 0 Å². The third kappa shape index (κ3) is 2.84. The van der Waals surface area contributed by atoms with Crippen molar-refractivity contribution in [3.05, 3.63) is 0 Å². The molecule has 0 bridgehead atoms. The van der Waals surface area contributed by atoms with Gasteiger partial charge in [0.1, 0.15) is 0 Å².